The second-order valence-corrected chi connectivity index (χ2v) is 7.61. The van der Waals surface area contributed by atoms with Crippen LogP contribution in [-0.2, 0) is 0 Å². The molecule has 0 fully saturated rings. The third-order valence-electron chi connectivity index (χ3n) is 5.58. The number of nitrogens with zero attached hydrogens (tertiary/aromatic N) is 2. The highest BCUT2D eigenvalue weighted by atomic mass is 15.4. The second-order valence-electron chi connectivity index (χ2n) is 7.61. The van der Waals surface area contributed by atoms with E-state index < -0.39 is 0 Å². The van der Waals surface area contributed by atoms with E-state index in [9.17, 15) is 0 Å². The highest BCUT2D eigenvalue weighted by Gasteiger charge is 2.28. The Hall–Kier alpha value is -2.11. The molecular weight excluding hydrogens is 328 g/mol. The van der Waals surface area contributed by atoms with Crippen molar-refractivity contribution in [1.82, 2.24) is 4.48 Å². The van der Waals surface area contributed by atoms with Gasteiger partial charge in [-0.05, 0) is 66.8 Å². The van der Waals surface area contributed by atoms with Gasteiger partial charge in [-0.2, -0.15) is 5.26 Å². The smallest absolute Gasteiger partial charge is 0.132 e. The quantitative estimate of drug-likeness (QED) is 0.397. The van der Waals surface area contributed by atoms with Crippen molar-refractivity contribution in [2.24, 2.45) is 0 Å². The van der Waals surface area contributed by atoms with Gasteiger partial charge in [0.15, 0.2) is 0 Å². The van der Waals surface area contributed by atoms with Crippen molar-refractivity contribution in [3.8, 4) is 17.2 Å². The fourth-order valence-electron chi connectivity index (χ4n) is 3.81. The molecule has 0 bridgehead atoms. The van der Waals surface area contributed by atoms with Crippen LogP contribution in [0, 0.1) is 11.3 Å². The molecule has 0 aliphatic heterocycles. The van der Waals surface area contributed by atoms with Crippen LogP contribution >= 0.6 is 0 Å². The third kappa shape index (κ3) is 5.68. The minimum absolute atomic E-state index is 0.713. The molecule has 0 aliphatic rings. The van der Waals surface area contributed by atoms with Crippen LogP contribution in [0.1, 0.15) is 64.9 Å². The molecular formula is C25H35N2+. The zero-order valence-corrected chi connectivity index (χ0v) is 17.4. The van der Waals surface area contributed by atoms with Crippen LogP contribution in [0.25, 0.3) is 11.1 Å². The summed E-state index contributed by atoms with van der Waals surface area (Å²) in [4.78, 5) is 0. The summed E-state index contributed by atoms with van der Waals surface area (Å²) < 4.78 is 1.13. The first kappa shape index (κ1) is 21.2. The summed E-state index contributed by atoms with van der Waals surface area (Å²) in [7, 11) is 0. The molecule has 0 radical (unpaired) electrons. The van der Waals surface area contributed by atoms with Gasteiger partial charge in [0.05, 0.1) is 31.3 Å². The van der Waals surface area contributed by atoms with Crippen molar-refractivity contribution >= 4 is 5.69 Å². The zero-order chi connectivity index (χ0) is 19.5. The minimum Gasteiger partial charge on any atom is -0.291 e. The molecule has 0 spiro atoms. The van der Waals surface area contributed by atoms with Crippen molar-refractivity contribution in [2.75, 3.05) is 19.6 Å². The van der Waals surface area contributed by atoms with Crippen LogP contribution < -0.4 is 4.48 Å². The Kier molecular flexibility index (Phi) is 8.55. The lowest BCUT2D eigenvalue weighted by Crippen LogP contribution is -2.51. The molecule has 2 rings (SSSR count). The van der Waals surface area contributed by atoms with Crippen molar-refractivity contribution in [3.63, 3.8) is 0 Å². The van der Waals surface area contributed by atoms with Gasteiger partial charge in [-0.1, -0.05) is 52.2 Å². The van der Waals surface area contributed by atoms with Crippen LogP contribution in [-0.4, -0.2) is 19.6 Å². The first-order valence-corrected chi connectivity index (χ1v) is 10.7. The second kappa shape index (κ2) is 10.9. The maximum atomic E-state index is 8.99. The molecule has 27 heavy (non-hydrogen) atoms. The standard InChI is InChI=1S/C25H35N2/c1-4-7-18-27(19-8-5-2,20-9-6-3)25-16-14-24(15-17-25)23-12-10-22(21-26)11-13-23/h10-17H,4-9,18-20H2,1-3H3/q+1. The van der Waals surface area contributed by atoms with Crippen molar-refractivity contribution in [2.45, 2.75) is 59.3 Å². The molecule has 2 aromatic carbocycles. The molecule has 2 aromatic rings. The molecule has 144 valence electrons. The van der Waals surface area contributed by atoms with Crippen molar-refractivity contribution in [3.05, 3.63) is 54.1 Å². The Morgan fingerprint density at radius 3 is 1.44 bits per heavy atom. The molecule has 0 unspecified atom stereocenters. The number of quaternary nitrogens is 1. The van der Waals surface area contributed by atoms with Gasteiger partial charge in [-0.25, -0.2) is 0 Å². The molecule has 0 aromatic heterocycles. The SMILES string of the molecule is CCCC[N+](CCCC)(CCCC)c1ccc(-c2ccc(C#N)cc2)cc1. The Bertz CT molecular complexity index is 686. The Morgan fingerprint density at radius 2 is 1.07 bits per heavy atom. The van der Waals surface area contributed by atoms with Gasteiger partial charge in [-0.15, -0.1) is 0 Å². The van der Waals surface area contributed by atoms with E-state index in [0.717, 1.165) is 4.48 Å². The van der Waals surface area contributed by atoms with Crippen LogP contribution in [0.5, 0.6) is 0 Å². The average Bonchev–Trinajstić information content (AvgIpc) is 2.74. The van der Waals surface area contributed by atoms with Crippen molar-refractivity contribution < 1.29 is 0 Å². The molecule has 0 atom stereocenters. The highest BCUT2D eigenvalue weighted by molar-refractivity contribution is 5.66. The summed E-state index contributed by atoms with van der Waals surface area (Å²) in [5.41, 5.74) is 4.57. The average molecular weight is 364 g/mol. The number of hydrogen-bond acceptors (Lipinski definition) is 1. The molecule has 0 N–H and O–H groups in total. The first-order valence-electron chi connectivity index (χ1n) is 10.7. The van der Waals surface area contributed by atoms with Gasteiger partial charge in [0, 0.05) is 0 Å². The van der Waals surface area contributed by atoms with E-state index >= 15 is 0 Å². The lowest BCUT2D eigenvalue weighted by atomic mass is 10.0. The van der Waals surface area contributed by atoms with Gasteiger partial charge in [-0.3, -0.25) is 4.48 Å². The first-order chi connectivity index (χ1) is 13.2. The zero-order valence-electron chi connectivity index (χ0n) is 17.4. The molecule has 0 aliphatic carbocycles. The Labute approximate surface area is 166 Å². The van der Waals surface area contributed by atoms with E-state index in [4.69, 9.17) is 5.26 Å². The van der Waals surface area contributed by atoms with E-state index in [1.165, 1.54) is 75.0 Å². The summed E-state index contributed by atoms with van der Waals surface area (Å²) in [6.07, 6.45) is 7.60. The molecule has 2 nitrogen and oxygen atoms in total. The molecule has 0 saturated heterocycles. The van der Waals surface area contributed by atoms with Crippen LogP contribution in [0.15, 0.2) is 48.5 Å². The highest BCUT2D eigenvalue weighted by Crippen LogP contribution is 2.29. The van der Waals surface area contributed by atoms with Gasteiger partial charge in [0.2, 0.25) is 0 Å². The third-order valence-corrected chi connectivity index (χ3v) is 5.58. The van der Waals surface area contributed by atoms with Gasteiger partial charge in [0.1, 0.15) is 5.69 Å². The summed E-state index contributed by atoms with van der Waals surface area (Å²) in [5.74, 6) is 0. The van der Waals surface area contributed by atoms with Crippen LogP contribution in [0.4, 0.5) is 5.69 Å². The number of benzene rings is 2. The lowest BCUT2D eigenvalue weighted by molar-refractivity contribution is 0.259. The summed E-state index contributed by atoms with van der Waals surface area (Å²) in [6, 6.07) is 19.3. The Morgan fingerprint density at radius 1 is 0.667 bits per heavy atom. The fourth-order valence-corrected chi connectivity index (χ4v) is 3.81. The van der Waals surface area contributed by atoms with Crippen molar-refractivity contribution in [1.29, 1.82) is 5.26 Å². The normalized spacial score (nSPS) is 11.3. The molecule has 0 amide bonds. The Balaban J connectivity index is 2.31. The predicted octanol–water partition coefficient (Wildman–Crippen LogP) is 6.93. The number of rotatable bonds is 11. The maximum absolute atomic E-state index is 8.99. The number of hydrogen-bond donors (Lipinski definition) is 0. The molecule has 0 saturated carbocycles. The number of nitriles is 1. The van der Waals surface area contributed by atoms with Gasteiger partial charge < -0.3 is 0 Å². The van der Waals surface area contributed by atoms with E-state index in [1.807, 2.05) is 24.3 Å². The van der Waals surface area contributed by atoms with Gasteiger partial charge in [0.25, 0.3) is 0 Å². The topological polar surface area (TPSA) is 23.8 Å². The number of unbranched alkanes of at least 4 members (excludes halogenated alkanes) is 3. The monoisotopic (exact) mass is 363 g/mol. The van der Waals surface area contributed by atoms with E-state index in [0.29, 0.717) is 5.56 Å². The lowest BCUT2D eigenvalue weighted by Gasteiger charge is -2.39. The molecule has 2 heteroatoms. The van der Waals surface area contributed by atoms with E-state index in [2.05, 4.69) is 51.1 Å². The van der Waals surface area contributed by atoms with E-state index in [1.54, 1.807) is 0 Å². The maximum Gasteiger partial charge on any atom is 0.132 e. The summed E-state index contributed by atoms with van der Waals surface area (Å²) in [6.45, 7) is 10.6. The fraction of sp³-hybridized carbons (Fsp3) is 0.480. The van der Waals surface area contributed by atoms with Crippen LogP contribution in [0.3, 0.4) is 0 Å². The van der Waals surface area contributed by atoms with Crippen LogP contribution in [0.2, 0.25) is 0 Å². The largest absolute Gasteiger partial charge is 0.291 e. The minimum atomic E-state index is 0.713. The predicted molar refractivity (Wildman–Crippen MR) is 118 cm³/mol. The summed E-state index contributed by atoms with van der Waals surface area (Å²) in [5, 5.41) is 8.99. The summed E-state index contributed by atoms with van der Waals surface area (Å²) >= 11 is 0. The van der Waals surface area contributed by atoms with Gasteiger partial charge >= 0.3 is 0 Å². The van der Waals surface area contributed by atoms with E-state index in [-0.39, 0.29) is 0 Å². The molecule has 0 heterocycles.